The van der Waals surface area contributed by atoms with Gasteiger partial charge in [0.2, 0.25) is 0 Å². The van der Waals surface area contributed by atoms with E-state index in [2.05, 4.69) is 0 Å². The first-order chi connectivity index (χ1) is 12.2. The molecule has 0 heterocycles. The monoisotopic (exact) mass is 440 g/mol. The van der Waals surface area contributed by atoms with E-state index in [0.29, 0.717) is 6.07 Å². The third-order valence-electron chi connectivity index (χ3n) is 3.78. The molecule has 0 aliphatic rings. The molecule has 0 bridgehead atoms. The molecule has 0 fully saturated rings. The van der Waals surface area contributed by atoms with E-state index in [0.717, 1.165) is 25.1 Å². The Bertz CT molecular complexity index is 707. The van der Waals surface area contributed by atoms with Crippen LogP contribution in [0.2, 0.25) is 0 Å². The molecule has 0 saturated carbocycles. The van der Waals surface area contributed by atoms with E-state index >= 15 is 0 Å². The molecule has 0 aromatic heterocycles. The van der Waals surface area contributed by atoms with Crippen LogP contribution in [0.25, 0.3) is 0 Å². The number of rotatable bonds is 6. The van der Waals surface area contributed by atoms with Crippen molar-refractivity contribution in [2.45, 2.75) is 48.8 Å². The highest BCUT2D eigenvalue weighted by Gasteiger charge is 2.91. The molecule has 1 aromatic rings. The van der Waals surface area contributed by atoms with Gasteiger partial charge in [-0.3, -0.25) is 0 Å². The molecule has 1 rings (SSSR count). The Labute approximate surface area is 147 Å². The van der Waals surface area contributed by atoms with Gasteiger partial charge in [-0.2, -0.15) is 57.1 Å². The molecule has 28 heavy (non-hydrogen) atoms. The highest BCUT2D eigenvalue weighted by molar-refractivity contribution is 5.30. The Morgan fingerprint density at radius 1 is 0.643 bits per heavy atom. The number of halogens is 13. The molecule has 14 heteroatoms. The minimum absolute atomic E-state index is 0.416. The van der Waals surface area contributed by atoms with Gasteiger partial charge in [0.25, 0.3) is 0 Å². The number of benzene rings is 1. The zero-order valence-electron chi connectivity index (χ0n) is 13.2. The van der Waals surface area contributed by atoms with E-state index < -0.39 is 53.0 Å². The first-order valence-corrected chi connectivity index (χ1v) is 6.87. The van der Waals surface area contributed by atoms with E-state index in [9.17, 15) is 62.2 Å². The van der Waals surface area contributed by atoms with Gasteiger partial charge in [0.05, 0.1) is 0 Å². The largest absolute Gasteiger partial charge is 0.460 e. The Morgan fingerprint density at radius 2 is 1.04 bits per heavy atom. The lowest BCUT2D eigenvalue weighted by molar-refractivity contribution is -0.444. The average Bonchev–Trinajstić information content (AvgIpc) is 2.52. The summed E-state index contributed by atoms with van der Waals surface area (Å²) in [6, 6.07) is 3.39. The fourth-order valence-corrected chi connectivity index (χ4v) is 2.04. The lowest BCUT2D eigenvalue weighted by Gasteiger charge is -2.41. The second-order valence-electron chi connectivity index (χ2n) is 5.68. The Balaban J connectivity index is 3.55. The van der Waals surface area contributed by atoms with Crippen LogP contribution in [0, 0.1) is 6.92 Å². The molecule has 162 valence electrons. The van der Waals surface area contributed by atoms with Gasteiger partial charge < -0.3 is 5.11 Å². The first-order valence-electron chi connectivity index (χ1n) is 6.87. The molecular formula is C14H9F13O. The van der Waals surface area contributed by atoms with E-state index in [1.54, 1.807) is 0 Å². The zero-order chi connectivity index (χ0) is 22.6. The van der Waals surface area contributed by atoms with Gasteiger partial charge in [-0.15, -0.1) is 0 Å². The number of hydrogen-bond acceptors (Lipinski definition) is 1. The molecule has 0 aliphatic carbocycles. The van der Waals surface area contributed by atoms with Crippen molar-refractivity contribution in [1.29, 1.82) is 0 Å². The van der Waals surface area contributed by atoms with E-state index in [-0.39, 0.29) is 0 Å². The molecule has 0 radical (unpaired) electrons. The molecular weight excluding hydrogens is 431 g/mol. The Hall–Kier alpha value is -1.73. The number of aliphatic hydroxyl groups is 1. The SMILES string of the molecule is Cc1ccccc1C(O)C(F)(F)C(F)(F)C(F)(F)C(F)(F)C(F)(F)C(F)(F)F. The molecule has 0 amide bonds. The average molecular weight is 440 g/mol. The van der Waals surface area contributed by atoms with Crippen LogP contribution in [-0.2, 0) is 0 Å². The lowest BCUT2D eigenvalue weighted by atomic mass is 9.88. The second kappa shape index (κ2) is 6.66. The summed E-state index contributed by atoms with van der Waals surface area (Å²) in [7, 11) is 0. The molecule has 0 aliphatic heterocycles. The van der Waals surface area contributed by atoms with Gasteiger partial charge in [-0.25, -0.2) is 0 Å². The lowest BCUT2D eigenvalue weighted by Crippen LogP contribution is -2.70. The summed E-state index contributed by atoms with van der Waals surface area (Å²) >= 11 is 0. The van der Waals surface area contributed by atoms with Crippen molar-refractivity contribution in [1.82, 2.24) is 0 Å². The summed E-state index contributed by atoms with van der Waals surface area (Å²) < 4.78 is 169. The van der Waals surface area contributed by atoms with Gasteiger partial charge in [0.15, 0.2) is 0 Å². The number of aryl methyl sites for hydroxylation is 1. The van der Waals surface area contributed by atoms with Crippen molar-refractivity contribution in [3.8, 4) is 0 Å². The third kappa shape index (κ3) is 3.18. The minimum atomic E-state index is -7.99. The van der Waals surface area contributed by atoms with Gasteiger partial charge >= 0.3 is 35.8 Å². The Kier molecular flexibility index (Phi) is 5.78. The van der Waals surface area contributed by atoms with Crippen LogP contribution < -0.4 is 0 Å². The first kappa shape index (κ1) is 24.3. The molecule has 0 spiro atoms. The molecule has 0 saturated heterocycles. The van der Waals surface area contributed by atoms with Crippen molar-refractivity contribution >= 4 is 0 Å². The van der Waals surface area contributed by atoms with Crippen LogP contribution in [0.4, 0.5) is 57.1 Å². The number of hydrogen-bond donors (Lipinski definition) is 1. The smallest absolute Gasteiger partial charge is 0.382 e. The second-order valence-corrected chi connectivity index (χ2v) is 5.68. The van der Waals surface area contributed by atoms with Crippen LogP contribution in [0.15, 0.2) is 24.3 Å². The number of aliphatic hydroxyl groups excluding tert-OH is 1. The van der Waals surface area contributed by atoms with E-state index in [1.165, 1.54) is 0 Å². The maximum absolute atomic E-state index is 13.8. The third-order valence-corrected chi connectivity index (χ3v) is 3.78. The van der Waals surface area contributed by atoms with Crippen molar-refractivity contribution in [2.75, 3.05) is 0 Å². The zero-order valence-corrected chi connectivity index (χ0v) is 13.2. The minimum Gasteiger partial charge on any atom is -0.382 e. The Morgan fingerprint density at radius 3 is 1.43 bits per heavy atom. The van der Waals surface area contributed by atoms with E-state index in [4.69, 9.17) is 0 Å². The highest BCUT2D eigenvalue weighted by Crippen LogP contribution is 2.61. The van der Waals surface area contributed by atoms with Crippen molar-refractivity contribution in [3.63, 3.8) is 0 Å². The van der Waals surface area contributed by atoms with Crippen molar-refractivity contribution in [3.05, 3.63) is 35.4 Å². The van der Waals surface area contributed by atoms with Crippen LogP contribution in [0.1, 0.15) is 17.2 Å². The van der Waals surface area contributed by atoms with Gasteiger partial charge in [0, 0.05) is 0 Å². The van der Waals surface area contributed by atoms with Crippen LogP contribution in [-0.4, -0.2) is 40.9 Å². The highest BCUT2D eigenvalue weighted by atomic mass is 19.4. The normalized spacial score (nSPS) is 16.2. The summed E-state index contributed by atoms with van der Waals surface area (Å²) in [5.74, 6) is -37.8. The van der Waals surface area contributed by atoms with Crippen molar-refractivity contribution in [2.24, 2.45) is 0 Å². The van der Waals surface area contributed by atoms with Crippen LogP contribution >= 0.6 is 0 Å². The standard InChI is InChI=1S/C14H9F13O/c1-6-4-2-3-5-7(6)8(28)9(15,16)10(17,18)11(19,20)12(21,22)13(23,24)14(25,26)27/h2-5,8,28H,1H3. The maximum Gasteiger partial charge on any atom is 0.460 e. The summed E-state index contributed by atoms with van der Waals surface area (Å²) in [6.45, 7) is 0.914. The molecule has 1 nitrogen and oxygen atoms in total. The van der Waals surface area contributed by atoms with Crippen LogP contribution in [0.5, 0.6) is 0 Å². The van der Waals surface area contributed by atoms with Crippen molar-refractivity contribution < 1.29 is 62.2 Å². The predicted octanol–water partition coefficient (Wildman–Crippen LogP) is 5.77. The number of alkyl halides is 13. The summed E-state index contributed by atoms with van der Waals surface area (Å²) in [5, 5.41) is 9.34. The molecule has 1 atom stereocenters. The predicted molar refractivity (Wildman–Crippen MR) is 66.9 cm³/mol. The summed E-state index contributed by atoms with van der Waals surface area (Å²) in [6.07, 6.45) is -11.4. The molecule has 1 N–H and O–H groups in total. The maximum atomic E-state index is 13.8. The fraction of sp³-hybridized carbons (Fsp3) is 0.571. The quantitative estimate of drug-likeness (QED) is 0.558. The molecule has 1 unspecified atom stereocenters. The van der Waals surface area contributed by atoms with Gasteiger partial charge in [-0.1, -0.05) is 24.3 Å². The topological polar surface area (TPSA) is 20.2 Å². The van der Waals surface area contributed by atoms with Gasteiger partial charge in [-0.05, 0) is 18.1 Å². The fourth-order valence-electron chi connectivity index (χ4n) is 2.04. The van der Waals surface area contributed by atoms with Crippen LogP contribution in [0.3, 0.4) is 0 Å². The summed E-state index contributed by atoms with van der Waals surface area (Å²) in [4.78, 5) is 0. The summed E-state index contributed by atoms with van der Waals surface area (Å²) in [5.41, 5.74) is -1.59. The molecule has 1 aromatic carbocycles. The van der Waals surface area contributed by atoms with Gasteiger partial charge in [0.1, 0.15) is 6.10 Å². The van der Waals surface area contributed by atoms with E-state index in [1.807, 2.05) is 0 Å².